The van der Waals surface area contributed by atoms with Crippen molar-refractivity contribution >= 4 is 11.9 Å². The zero-order valence-corrected chi connectivity index (χ0v) is 33.8. The topological polar surface area (TPSA) is 152 Å². The second kappa shape index (κ2) is 35.8. The first-order valence-corrected chi connectivity index (χ1v) is 20.6. The van der Waals surface area contributed by atoms with Crippen LogP contribution < -0.4 is 0 Å². The van der Waals surface area contributed by atoms with Gasteiger partial charge < -0.3 is 39.4 Å². The molecule has 0 spiro atoms. The molecule has 56 heavy (non-hydrogen) atoms. The predicted octanol–water partition coefficient (Wildman–Crippen LogP) is 8.16. The number of rotatable bonds is 31. The molecule has 4 N–H and O–H groups in total. The van der Waals surface area contributed by atoms with Crippen molar-refractivity contribution in [2.45, 2.75) is 147 Å². The smallest absolute Gasteiger partial charge is 0.306 e. The minimum absolute atomic E-state index is 0.121. The van der Waals surface area contributed by atoms with Crippen molar-refractivity contribution in [1.82, 2.24) is 0 Å². The highest BCUT2D eigenvalue weighted by Crippen LogP contribution is 2.22. The highest BCUT2D eigenvalue weighted by atomic mass is 16.7. The van der Waals surface area contributed by atoms with Crippen molar-refractivity contribution in [3.63, 3.8) is 0 Å². The zero-order chi connectivity index (χ0) is 40.9. The Hall–Kier alpha value is -3.64. The number of carbonyl (C=O) groups is 2. The molecular weight excluding hydrogens is 712 g/mol. The lowest BCUT2D eigenvalue weighted by Gasteiger charge is -2.39. The van der Waals surface area contributed by atoms with E-state index in [-0.39, 0.29) is 26.1 Å². The van der Waals surface area contributed by atoms with Crippen LogP contribution in [0.25, 0.3) is 0 Å². The Morgan fingerprint density at radius 1 is 0.571 bits per heavy atom. The number of carbonyl (C=O) groups excluding carboxylic acids is 2. The molecule has 3 unspecified atom stereocenters. The summed E-state index contributed by atoms with van der Waals surface area (Å²) in [5.41, 5.74) is 0. The summed E-state index contributed by atoms with van der Waals surface area (Å²) in [4.78, 5) is 25.2. The van der Waals surface area contributed by atoms with Crippen molar-refractivity contribution in [3.8, 4) is 0 Å². The van der Waals surface area contributed by atoms with E-state index in [1.54, 1.807) is 0 Å². The third-order valence-corrected chi connectivity index (χ3v) is 8.61. The summed E-state index contributed by atoms with van der Waals surface area (Å²) in [6.07, 6.45) is 41.0. The van der Waals surface area contributed by atoms with Gasteiger partial charge in [0.05, 0.1) is 13.2 Å². The number of esters is 2. The third kappa shape index (κ3) is 27.0. The van der Waals surface area contributed by atoms with Crippen LogP contribution in [0.1, 0.15) is 110 Å². The van der Waals surface area contributed by atoms with Crippen LogP contribution in [0.15, 0.2) is 109 Å². The van der Waals surface area contributed by atoms with Crippen LogP contribution in [0.3, 0.4) is 0 Å². The normalized spacial score (nSPS) is 21.6. The van der Waals surface area contributed by atoms with Gasteiger partial charge in [0.25, 0.3) is 0 Å². The number of aliphatic hydroxyl groups excluding tert-OH is 4. The Labute approximate surface area is 336 Å². The number of unbranched alkanes of at least 4 members (excludes halogenated alkanes) is 9. The van der Waals surface area contributed by atoms with Gasteiger partial charge in [0.1, 0.15) is 31.0 Å². The van der Waals surface area contributed by atoms with Crippen molar-refractivity contribution in [1.29, 1.82) is 0 Å². The Kier molecular flexibility index (Phi) is 32.2. The summed E-state index contributed by atoms with van der Waals surface area (Å²) in [7, 11) is 0. The largest absolute Gasteiger partial charge is 0.462 e. The summed E-state index contributed by atoms with van der Waals surface area (Å²) in [6.45, 7) is 3.10. The standard InChI is InChI=1S/C46H70O10/c1-3-5-7-9-11-13-15-17-18-19-20-21-23-24-26-28-30-32-34-41(48)53-37-39(38-54-46-45(52)44(51)43(50)40(36-47)56-46)55-42(49)35-33-31-29-27-25-22-16-14-12-10-8-6-4-2/h6,8,10-22,25,27,29,39-40,43-47,50-52H,3-5,7,9,23-24,26,28,30-38H2,1-2H3/b8-6+,12-10+,13-11+,16-14+,17-15+,19-18+,21-20+,25-22+,29-27+/t39?,40-,43+,44?,45?,46-/m0/s1. The third-order valence-electron chi connectivity index (χ3n) is 8.61. The van der Waals surface area contributed by atoms with Crippen LogP contribution >= 0.6 is 0 Å². The first-order valence-electron chi connectivity index (χ1n) is 20.6. The Morgan fingerprint density at radius 3 is 1.64 bits per heavy atom. The van der Waals surface area contributed by atoms with E-state index in [0.29, 0.717) is 19.3 Å². The van der Waals surface area contributed by atoms with Crippen LogP contribution in [0.2, 0.25) is 0 Å². The monoisotopic (exact) mass is 782 g/mol. The molecule has 6 atom stereocenters. The number of hydrogen-bond donors (Lipinski definition) is 4. The van der Waals surface area contributed by atoms with Crippen molar-refractivity contribution < 1.29 is 49.0 Å². The molecule has 0 aromatic carbocycles. The molecule has 1 aliphatic rings. The van der Waals surface area contributed by atoms with Crippen LogP contribution in [0.5, 0.6) is 0 Å². The van der Waals surface area contributed by atoms with Crippen LogP contribution in [0.4, 0.5) is 0 Å². The molecule has 0 aromatic heterocycles. The Morgan fingerprint density at radius 2 is 1.07 bits per heavy atom. The van der Waals surface area contributed by atoms with E-state index in [1.165, 1.54) is 19.3 Å². The predicted molar refractivity (Wildman–Crippen MR) is 223 cm³/mol. The molecular formula is C46H70O10. The summed E-state index contributed by atoms with van der Waals surface area (Å²) in [6, 6.07) is 0. The average molecular weight is 783 g/mol. The summed E-state index contributed by atoms with van der Waals surface area (Å²) in [5, 5.41) is 40.0. The highest BCUT2D eigenvalue weighted by Gasteiger charge is 2.44. The van der Waals surface area contributed by atoms with Crippen LogP contribution in [-0.2, 0) is 28.5 Å². The van der Waals surface area contributed by atoms with E-state index in [4.69, 9.17) is 18.9 Å². The molecule has 1 saturated heterocycles. The van der Waals surface area contributed by atoms with Crippen molar-refractivity contribution in [2.24, 2.45) is 0 Å². The fourth-order valence-corrected chi connectivity index (χ4v) is 5.35. The minimum Gasteiger partial charge on any atom is -0.462 e. The quantitative estimate of drug-likeness (QED) is 0.0308. The molecule has 0 saturated carbocycles. The van der Waals surface area contributed by atoms with Gasteiger partial charge in [-0.25, -0.2) is 0 Å². The van der Waals surface area contributed by atoms with E-state index in [0.717, 1.165) is 44.9 Å². The second-order valence-corrected chi connectivity index (χ2v) is 13.6. The van der Waals surface area contributed by atoms with Gasteiger partial charge in [-0.2, -0.15) is 0 Å². The van der Waals surface area contributed by atoms with E-state index < -0.39 is 55.4 Å². The van der Waals surface area contributed by atoms with E-state index in [1.807, 2.05) is 72.9 Å². The maximum atomic E-state index is 12.7. The lowest BCUT2D eigenvalue weighted by Crippen LogP contribution is -2.59. The van der Waals surface area contributed by atoms with Gasteiger partial charge in [0.2, 0.25) is 0 Å². The number of hydrogen-bond acceptors (Lipinski definition) is 10. The van der Waals surface area contributed by atoms with Crippen LogP contribution in [0, 0.1) is 0 Å². The van der Waals surface area contributed by atoms with Gasteiger partial charge in [-0.05, 0) is 51.4 Å². The molecule has 1 fully saturated rings. The molecule has 0 amide bonds. The summed E-state index contributed by atoms with van der Waals surface area (Å²) in [5.74, 6) is -0.935. The molecule has 0 bridgehead atoms. The van der Waals surface area contributed by atoms with Gasteiger partial charge in [0, 0.05) is 12.8 Å². The molecule has 1 aliphatic heterocycles. The van der Waals surface area contributed by atoms with Gasteiger partial charge in [-0.1, -0.05) is 155 Å². The number of allylic oxidation sites excluding steroid dienone is 18. The zero-order valence-electron chi connectivity index (χ0n) is 33.8. The fourth-order valence-electron chi connectivity index (χ4n) is 5.35. The molecule has 0 aromatic rings. The molecule has 314 valence electrons. The maximum absolute atomic E-state index is 12.7. The van der Waals surface area contributed by atoms with Gasteiger partial charge >= 0.3 is 11.9 Å². The molecule has 1 rings (SSSR count). The van der Waals surface area contributed by atoms with Gasteiger partial charge in [0.15, 0.2) is 12.4 Å². The van der Waals surface area contributed by atoms with Crippen molar-refractivity contribution in [3.05, 3.63) is 109 Å². The summed E-state index contributed by atoms with van der Waals surface area (Å²) >= 11 is 0. The SMILES string of the molecule is CC/C=C/C=C/C=C/C=C/C=C/CCCC(=O)OC(COC(=O)CCCCCCC/C=C/C=C/C=C/C=C/CCCCC)CO[C@H]1O[C@@H](CO)[C@@H](O)C(O)C1O. The lowest BCUT2D eigenvalue weighted by molar-refractivity contribution is -0.305. The molecule has 0 radical (unpaired) electrons. The average Bonchev–Trinajstić information content (AvgIpc) is 3.19. The number of ether oxygens (including phenoxy) is 4. The molecule has 0 aliphatic carbocycles. The molecule has 10 heteroatoms. The van der Waals surface area contributed by atoms with Crippen molar-refractivity contribution in [2.75, 3.05) is 19.8 Å². The first kappa shape index (κ1) is 50.4. The van der Waals surface area contributed by atoms with Crippen LogP contribution in [-0.4, -0.2) is 89.0 Å². The second-order valence-electron chi connectivity index (χ2n) is 13.6. The Balaban J connectivity index is 2.45. The maximum Gasteiger partial charge on any atom is 0.306 e. The highest BCUT2D eigenvalue weighted by molar-refractivity contribution is 5.70. The molecule has 1 heterocycles. The first-order chi connectivity index (χ1) is 27.3. The molecule has 10 nitrogen and oxygen atoms in total. The lowest BCUT2D eigenvalue weighted by atomic mass is 9.99. The van der Waals surface area contributed by atoms with Gasteiger partial charge in [-0.3, -0.25) is 9.59 Å². The van der Waals surface area contributed by atoms with Gasteiger partial charge in [-0.15, -0.1) is 0 Å². The van der Waals surface area contributed by atoms with E-state index in [2.05, 4.69) is 50.3 Å². The fraction of sp³-hybridized carbons (Fsp3) is 0.565. The van der Waals surface area contributed by atoms with E-state index >= 15 is 0 Å². The number of aliphatic hydroxyl groups is 4. The summed E-state index contributed by atoms with van der Waals surface area (Å²) < 4.78 is 22.0. The van der Waals surface area contributed by atoms with E-state index in [9.17, 15) is 30.0 Å². The Bertz CT molecular complexity index is 1270. The minimum atomic E-state index is -1.62.